The number of esters is 1. The molecule has 1 atom stereocenters. The number of amides is 1. The lowest BCUT2D eigenvalue weighted by Gasteiger charge is -2.12. The topological polar surface area (TPSA) is 98.5 Å². The lowest BCUT2D eigenvalue weighted by molar-refractivity contribution is -0.123. The zero-order valence-corrected chi connectivity index (χ0v) is 15.0. The first-order chi connectivity index (χ1) is 12.3. The molecule has 0 aliphatic rings. The summed E-state index contributed by atoms with van der Waals surface area (Å²) in [5.41, 5.74) is 3.22. The fourth-order valence-corrected chi connectivity index (χ4v) is 2.49. The highest BCUT2D eigenvalue weighted by Gasteiger charge is 2.23. The quantitative estimate of drug-likeness (QED) is 0.722. The van der Waals surface area contributed by atoms with Gasteiger partial charge in [0.2, 0.25) is 0 Å². The number of carbonyl (C=O) groups is 2. The van der Waals surface area contributed by atoms with Crippen molar-refractivity contribution in [3.05, 3.63) is 53.1 Å². The predicted molar refractivity (Wildman–Crippen MR) is 94.9 cm³/mol. The lowest BCUT2D eigenvalue weighted by Crippen LogP contribution is -2.30. The number of hydrogen-bond acceptors (Lipinski definition) is 6. The van der Waals surface area contributed by atoms with Gasteiger partial charge < -0.3 is 10.1 Å². The Labute approximate surface area is 150 Å². The average molecular weight is 353 g/mol. The van der Waals surface area contributed by atoms with Crippen LogP contribution >= 0.6 is 0 Å². The van der Waals surface area contributed by atoms with Crippen LogP contribution in [-0.2, 0) is 9.53 Å². The SMILES string of the molecule is Cc1cccc(NC(=O)[C@H](C)OC(=O)c2nc3nc(C)cc(C)n3n2)c1. The number of carbonyl (C=O) groups excluding carboxylic acids is 2. The highest BCUT2D eigenvalue weighted by Crippen LogP contribution is 2.11. The molecule has 2 heterocycles. The van der Waals surface area contributed by atoms with Crippen LogP contribution in [0.5, 0.6) is 0 Å². The largest absolute Gasteiger partial charge is 0.447 e. The molecule has 1 amide bonds. The second-order valence-corrected chi connectivity index (χ2v) is 6.09. The Kier molecular flexibility index (Phi) is 4.66. The van der Waals surface area contributed by atoms with E-state index in [0.717, 1.165) is 17.0 Å². The summed E-state index contributed by atoms with van der Waals surface area (Å²) in [6, 6.07) is 9.17. The average Bonchev–Trinajstić information content (AvgIpc) is 2.99. The molecule has 0 bridgehead atoms. The molecular formula is C18H19N5O3. The third-order valence-corrected chi connectivity index (χ3v) is 3.74. The summed E-state index contributed by atoms with van der Waals surface area (Å²) in [6.45, 7) is 7.08. The number of rotatable bonds is 4. The van der Waals surface area contributed by atoms with Gasteiger partial charge in [0.05, 0.1) is 0 Å². The molecule has 3 aromatic rings. The molecule has 0 aliphatic heterocycles. The molecular weight excluding hydrogens is 334 g/mol. The summed E-state index contributed by atoms with van der Waals surface area (Å²) in [5.74, 6) is -1.04. The van der Waals surface area contributed by atoms with Crippen LogP contribution in [0.2, 0.25) is 0 Å². The molecule has 8 nitrogen and oxygen atoms in total. The summed E-state index contributed by atoms with van der Waals surface area (Å²) in [5, 5.41) is 6.81. The number of fused-ring (bicyclic) bond motifs is 1. The monoisotopic (exact) mass is 353 g/mol. The van der Waals surface area contributed by atoms with E-state index in [1.54, 1.807) is 6.07 Å². The summed E-state index contributed by atoms with van der Waals surface area (Å²) in [6.07, 6.45) is -0.995. The molecule has 1 N–H and O–H groups in total. The van der Waals surface area contributed by atoms with E-state index < -0.39 is 18.0 Å². The Morgan fingerprint density at radius 1 is 1.15 bits per heavy atom. The molecule has 134 valence electrons. The van der Waals surface area contributed by atoms with Crippen molar-refractivity contribution in [3.63, 3.8) is 0 Å². The normalized spacial score (nSPS) is 12.0. The van der Waals surface area contributed by atoms with Gasteiger partial charge in [0.1, 0.15) is 0 Å². The molecule has 0 fully saturated rings. The zero-order chi connectivity index (χ0) is 18.8. The van der Waals surface area contributed by atoms with Gasteiger partial charge in [0, 0.05) is 17.1 Å². The van der Waals surface area contributed by atoms with E-state index in [1.165, 1.54) is 11.4 Å². The van der Waals surface area contributed by atoms with Gasteiger partial charge in [-0.2, -0.15) is 4.98 Å². The van der Waals surface area contributed by atoms with Crippen LogP contribution in [0.15, 0.2) is 30.3 Å². The Hall–Kier alpha value is -3.29. The van der Waals surface area contributed by atoms with Crippen LogP contribution in [0.25, 0.3) is 5.78 Å². The summed E-state index contributed by atoms with van der Waals surface area (Å²) >= 11 is 0. The fraction of sp³-hybridized carbons (Fsp3) is 0.278. The van der Waals surface area contributed by atoms with Gasteiger partial charge in [0.15, 0.2) is 6.10 Å². The first-order valence-electron chi connectivity index (χ1n) is 8.13. The third kappa shape index (κ3) is 3.69. The maximum atomic E-state index is 12.3. The van der Waals surface area contributed by atoms with E-state index in [-0.39, 0.29) is 5.82 Å². The Bertz CT molecular complexity index is 996. The van der Waals surface area contributed by atoms with Crippen LogP contribution in [-0.4, -0.2) is 37.6 Å². The van der Waals surface area contributed by atoms with E-state index in [1.807, 2.05) is 45.0 Å². The predicted octanol–water partition coefficient (Wildman–Crippen LogP) is 2.23. The number of benzene rings is 1. The first kappa shape index (κ1) is 17.5. The van der Waals surface area contributed by atoms with Crippen LogP contribution in [0.1, 0.15) is 34.5 Å². The van der Waals surface area contributed by atoms with Crippen LogP contribution in [0.3, 0.4) is 0 Å². The maximum absolute atomic E-state index is 12.3. The molecule has 0 saturated carbocycles. The minimum atomic E-state index is -0.995. The summed E-state index contributed by atoms with van der Waals surface area (Å²) < 4.78 is 6.64. The van der Waals surface area contributed by atoms with Crippen LogP contribution < -0.4 is 5.32 Å². The number of ether oxygens (including phenoxy) is 1. The van der Waals surface area contributed by atoms with Crippen molar-refractivity contribution in [3.8, 4) is 0 Å². The number of aryl methyl sites for hydroxylation is 3. The second-order valence-electron chi connectivity index (χ2n) is 6.09. The smallest absolute Gasteiger partial charge is 0.379 e. The third-order valence-electron chi connectivity index (χ3n) is 3.74. The van der Waals surface area contributed by atoms with E-state index in [0.29, 0.717) is 11.5 Å². The summed E-state index contributed by atoms with van der Waals surface area (Å²) in [4.78, 5) is 32.8. The number of nitrogens with zero attached hydrogens (tertiary/aromatic N) is 4. The number of aromatic nitrogens is 4. The van der Waals surface area contributed by atoms with E-state index in [2.05, 4.69) is 20.4 Å². The molecule has 1 aromatic carbocycles. The number of anilines is 1. The number of hydrogen-bond donors (Lipinski definition) is 1. The van der Waals surface area contributed by atoms with Crippen LogP contribution in [0, 0.1) is 20.8 Å². The van der Waals surface area contributed by atoms with Gasteiger partial charge in [-0.15, -0.1) is 5.10 Å². The Morgan fingerprint density at radius 3 is 2.65 bits per heavy atom. The number of nitrogens with one attached hydrogen (secondary N) is 1. The van der Waals surface area contributed by atoms with Crippen LogP contribution in [0.4, 0.5) is 5.69 Å². The van der Waals surface area contributed by atoms with Gasteiger partial charge in [-0.1, -0.05) is 12.1 Å². The van der Waals surface area contributed by atoms with Gasteiger partial charge in [-0.05, 0) is 51.5 Å². The van der Waals surface area contributed by atoms with Crippen molar-refractivity contribution in [1.82, 2.24) is 19.6 Å². The molecule has 0 saturated heterocycles. The van der Waals surface area contributed by atoms with Crippen molar-refractivity contribution in [2.45, 2.75) is 33.8 Å². The van der Waals surface area contributed by atoms with Crippen molar-refractivity contribution in [2.75, 3.05) is 5.32 Å². The maximum Gasteiger partial charge on any atom is 0.379 e. The fourth-order valence-electron chi connectivity index (χ4n) is 2.49. The minimum Gasteiger partial charge on any atom is -0.447 e. The Morgan fingerprint density at radius 2 is 1.92 bits per heavy atom. The lowest BCUT2D eigenvalue weighted by atomic mass is 10.2. The van der Waals surface area contributed by atoms with E-state index in [4.69, 9.17) is 4.74 Å². The van der Waals surface area contributed by atoms with Crippen molar-refractivity contribution in [1.29, 1.82) is 0 Å². The summed E-state index contributed by atoms with van der Waals surface area (Å²) in [7, 11) is 0. The molecule has 0 aliphatic carbocycles. The Balaban J connectivity index is 1.70. The molecule has 0 unspecified atom stereocenters. The molecule has 2 aromatic heterocycles. The minimum absolute atomic E-state index is 0.138. The van der Waals surface area contributed by atoms with Crippen molar-refractivity contribution < 1.29 is 14.3 Å². The van der Waals surface area contributed by atoms with Crippen molar-refractivity contribution in [2.24, 2.45) is 0 Å². The molecule has 8 heteroatoms. The highest BCUT2D eigenvalue weighted by atomic mass is 16.5. The molecule has 3 rings (SSSR count). The van der Waals surface area contributed by atoms with Gasteiger partial charge in [-0.25, -0.2) is 14.3 Å². The molecule has 26 heavy (non-hydrogen) atoms. The molecule has 0 radical (unpaired) electrons. The van der Waals surface area contributed by atoms with E-state index >= 15 is 0 Å². The first-order valence-corrected chi connectivity index (χ1v) is 8.13. The van der Waals surface area contributed by atoms with Gasteiger partial charge >= 0.3 is 5.97 Å². The second kappa shape index (κ2) is 6.91. The zero-order valence-electron chi connectivity index (χ0n) is 15.0. The van der Waals surface area contributed by atoms with Gasteiger partial charge in [0.25, 0.3) is 17.5 Å². The highest BCUT2D eigenvalue weighted by molar-refractivity contribution is 5.96. The van der Waals surface area contributed by atoms with Gasteiger partial charge in [-0.3, -0.25) is 4.79 Å². The standard InChI is InChI=1S/C18H19N5O3/c1-10-6-5-7-14(8-10)20-16(24)13(4)26-17(25)15-21-18-19-11(2)9-12(3)23(18)22-15/h5-9,13H,1-4H3,(H,20,24)/t13-/m0/s1. The van der Waals surface area contributed by atoms with E-state index in [9.17, 15) is 9.59 Å². The van der Waals surface area contributed by atoms with Crippen molar-refractivity contribution >= 4 is 23.3 Å². The molecule has 0 spiro atoms.